The molecule has 18 nitrogen and oxygen atoms in total. The molecule has 428 valence electrons. The van der Waals surface area contributed by atoms with Crippen LogP contribution in [0.3, 0.4) is 0 Å². The summed E-state index contributed by atoms with van der Waals surface area (Å²) >= 11 is 0. The van der Waals surface area contributed by atoms with Gasteiger partial charge in [0.05, 0.1) is 47.6 Å². The molecular formula is C66H64N8O10. The highest BCUT2D eigenvalue weighted by Crippen LogP contribution is 2.52. The highest BCUT2D eigenvalue weighted by atomic mass is 16.6. The van der Waals surface area contributed by atoms with E-state index in [0.29, 0.717) is 48.5 Å². The van der Waals surface area contributed by atoms with E-state index < -0.39 is 70.8 Å². The monoisotopic (exact) mass is 1130 g/mol. The number of hydrogen-bond donors (Lipinski definition) is 4. The first-order valence-electron chi connectivity index (χ1n) is 27.6. The van der Waals surface area contributed by atoms with Crippen molar-refractivity contribution in [3.63, 3.8) is 0 Å². The fraction of sp³-hybridized carbons (Fsp3) is 0.242. The molecule has 0 radical (unpaired) electrons. The lowest BCUT2D eigenvalue weighted by atomic mass is 9.77. The third-order valence-electron chi connectivity index (χ3n) is 16.3. The number of ether oxygens (including phenoxy) is 3. The normalized spacial score (nSPS) is 22.2. The summed E-state index contributed by atoms with van der Waals surface area (Å²) in [6.07, 6.45) is 4.85. The largest absolute Gasteiger partial charge is 0.548 e. The SMILES string of the molecule is C[C@@]1(COC(N)=O)CC2/C(=C\c3cc(CNC(c4ccccc4)(c4ccccc4)c4ccccc4)ccn3)C(=O)N2[C@H]1C(=O)OC(c1ccccc1)c1ccccc1.C[C@@]1(COC(N)=O)CC2/C(=C\c3cc(C[NH3+])ccn3)C(=O)N2[C@H]1C(=O)[O-]. The van der Waals surface area contributed by atoms with Gasteiger partial charge in [-0.2, -0.15) is 0 Å². The van der Waals surface area contributed by atoms with Crippen molar-refractivity contribution in [3.8, 4) is 0 Å². The molecule has 0 bridgehead atoms. The number of fused-ring (bicyclic) bond motifs is 2. The van der Waals surface area contributed by atoms with Crippen LogP contribution in [0.15, 0.2) is 199 Å². The van der Waals surface area contributed by atoms with Gasteiger partial charge in [-0.05, 0) is 82.6 Å². The molecule has 4 fully saturated rings. The Kier molecular flexibility index (Phi) is 16.7. The molecule has 6 atom stereocenters. The number of quaternary nitrogens is 1. The summed E-state index contributed by atoms with van der Waals surface area (Å²) < 4.78 is 16.4. The zero-order valence-electron chi connectivity index (χ0n) is 46.4. The summed E-state index contributed by atoms with van der Waals surface area (Å²) in [6.45, 7) is 4.18. The number of hydrogen-bond acceptors (Lipinski definition) is 13. The van der Waals surface area contributed by atoms with Crippen molar-refractivity contribution in [2.45, 2.75) is 75.6 Å². The van der Waals surface area contributed by atoms with E-state index in [1.54, 1.807) is 36.4 Å². The minimum Gasteiger partial charge on any atom is -0.548 e. The van der Waals surface area contributed by atoms with Crippen LogP contribution in [0.2, 0.25) is 0 Å². The number of primary amides is 2. The molecule has 84 heavy (non-hydrogen) atoms. The molecular weight excluding hydrogens is 1060 g/mol. The number of esters is 1. The van der Waals surface area contributed by atoms with Gasteiger partial charge in [-0.3, -0.25) is 24.9 Å². The summed E-state index contributed by atoms with van der Waals surface area (Å²) in [4.78, 5) is 87.1. The van der Waals surface area contributed by atoms with Crippen LogP contribution < -0.4 is 27.6 Å². The van der Waals surface area contributed by atoms with Gasteiger partial charge < -0.3 is 51.1 Å². The second-order valence-electron chi connectivity index (χ2n) is 22.0. The van der Waals surface area contributed by atoms with E-state index in [-0.39, 0.29) is 25.0 Å². The maximum atomic E-state index is 14.3. The van der Waals surface area contributed by atoms with E-state index in [1.165, 1.54) is 4.90 Å². The third kappa shape index (κ3) is 11.5. The number of nitrogens with two attached hydrogens (primary N) is 2. The Morgan fingerprint density at radius 3 is 1.44 bits per heavy atom. The molecule has 7 aromatic rings. The van der Waals surface area contributed by atoms with Crippen LogP contribution >= 0.6 is 0 Å². The van der Waals surface area contributed by atoms with Crippen molar-refractivity contribution in [1.29, 1.82) is 0 Å². The lowest BCUT2D eigenvalue weighted by molar-refractivity contribution is -0.386. The lowest BCUT2D eigenvalue weighted by Crippen LogP contribution is -2.61. The summed E-state index contributed by atoms with van der Waals surface area (Å²) in [6, 6.07) is 54.7. The van der Waals surface area contributed by atoms with Crippen molar-refractivity contribution in [2.75, 3.05) is 13.2 Å². The van der Waals surface area contributed by atoms with Gasteiger partial charge in [-0.1, -0.05) is 166 Å². The molecule has 4 saturated heterocycles. The second kappa shape index (κ2) is 24.4. The predicted molar refractivity (Wildman–Crippen MR) is 308 cm³/mol. The average Bonchev–Trinajstić information content (AvgIpc) is 1.60. The number of rotatable bonds is 18. The van der Waals surface area contributed by atoms with E-state index in [9.17, 15) is 33.9 Å². The van der Waals surface area contributed by atoms with Gasteiger partial charge in [-0.25, -0.2) is 14.4 Å². The number of benzene rings is 5. The molecule has 2 unspecified atom stereocenters. The minimum absolute atomic E-state index is 0.164. The average molecular weight is 1130 g/mol. The number of amides is 4. The van der Waals surface area contributed by atoms with Gasteiger partial charge >= 0.3 is 18.2 Å². The number of aliphatic carboxylic acids is 1. The summed E-state index contributed by atoms with van der Waals surface area (Å²) in [5.41, 5.74) is 20.6. The zero-order chi connectivity index (χ0) is 59.2. The number of nitrogens with one attached hydrogen (secondary N) is 1. The summed E-state index contributed by atoms with van der Waals surface area (Å²) in [5.74, 6) is -2.65. The summed E-state index contributed by atoms with van der Waals surface area (Å²) in [7, 11) is 0. The van der Waals surface area contributed by atoms with Crippen LogP contribution in [0.1, 0.15) is 83.1 Å². The van der Waals surface area contributed by atoms with Gasteiger partial charge in [0.25, 0.3) is 11.8 Å². The molecule has 4 aliphatic rings. The Labute approximate surface area is 485 Å². The third-order valence-corrected chi connectivity index (χ3v) is 16.3. The van der Waals surface area contributed by atoms with E-state index in [2.05, 4.69) is 93.8 Å². The predicted octanol–water partition coefficient (Wildman–Crippen LogP) is 6.01. The number of aromatic nitrogens is 2. The quantitative estimate of drug-likeness (QED) is 0.0252. The van der Waals surface area contributed by atoms with Crippen LogP contribution in [0.5, 0.6) is 0 Å². The van der Waals surface area contributed by atoms with E-state index in [1.807, 2.05) is 110 Å². The minimum atomic E-state index is -1.38. The van der Waals surface area contributed by atoms with Crippen molar-refractivity contribution >= 4 is 48.1 Å². The topological polar surface area (TPSA) is 277 Å². The Balaban J connectivity index is 0.000000252. The number of carbonyl (C=O) groups excluding carboxylic acids is 6. The van der Waals surface area contributed by atoms with Crippen molar-refractivity contribution in [3.05, 3.63) is 250 Å². The highest BCUT2D eigenvalue weighted by Gasteiger charge is 2.64. The van der Waals surface area contributed by atoms with Gasteiger partial charge in [-0.15, -0.1) is 0 Å². The van der Waals surface area contributed by atoms with E-state index in [4.69, 9.17) is 25.7 Å². The summed E-state index contributed by atoms with van der Waals surface area (Å²) in [5, 5.41) is 15.5. The molecule has 8 N–H and O–H groups in total. The van der Waals surface area contributed by atoms with Crippen molar-refractivity contribution < 1.29 is 53.8 Å². The Morgan fingerprint density at radius 1 is 0.631 bits per heavy atom. The van der Waals surface area contributed by atoms with Crippen LogP contribution in [0.25, 0.3) is 12.2 Å². The van der Waals surface area contributed by atoms with Gasteiger partial charge in [0.15, 0.2) is 6.10 Å². The molecule has 4 aliphatic heterocycles. The van der Waals surface area contributed by atoms with Crippen LogP contribution in [-0.4, -0.2) is 93.1 Å². The Morgan fingerprint density at radius 2 is 1.02 bits per heavy atom. The van der Waals surface area contributed by atoms with E-state index >= 15 is 0 Å². The highest BCUT2D eigenvalue weighted by molar-refractivity contribution is 6.09. The fourth-order valence-corrected chi connectivity index (χ4v) is 12.3. The number of carbonyl (C=O) groups is 6. The maximum absolute atomic E-state index is 14.3. The first-order valence-corrected chi connectivity index (χ1v) is 27.6. The molecule has 6 heterocycles. The first kappa shape index (κ1) is 57.5. The number of pyridine rings is 2. The molecule has 0 spiro atoms. The fourth-order valence-electron chi connectivity index (χ4n) is 12.3. The lowest BCUT2D eigenvalue weighted by Gasteiger charge is -2.42. The van der Waals surface area contributed by atoms with Crippen molar-refractivity contribution in [2.24, 2.45) is 22.3 Å². The maximum Gasteiger partial charge on any atom is 0.404 e. The first-order chi connectivity index (χ1) is 40.5. The second-order valence-corrected chi connectivity index (χ2v) is 22.0. The molecule has 11 rings (SSSR count). The van der Waals surface area contributed by atoms with Crippen LogP contribution in [0, 0.1) is 10.8 Å². The van der Waals surface area contributed by atoms with Crippen LogP contribution in [-0.2, 0) is 52.0 Å². The smallest absolute Gasteiger partial charge is 0.404 e. The van der Waals surface area contributed by atoms with Crippen LogP contribution in [0.4, 0.5) is 9.59 Å². The van der Waals surface area contributed by atoms with Gasteiger partial charge in [0, 0.05) is 46.5 Å². The zero-order valence-corrected chi connectivity index (χ0v) is 46.4. The number of nitrogens with zero attached hydrogens (tertiary/aromatic N) is 4. The molecule has 2 aromatic heterocycles. The van der Waals surface area contributed by atoms with E-state index in [0.717, 1.165) is 38.9 Å². The Hall–Kier alpha value is -9.78. The molecule has 0 saturated carbocycles. The number of β-lactam (4-membered cyclic amide) rings is 2. The molecule has 0 aliphatic carbocycles. The molecule has 5 aromatic carbocycles. The number of carboxylic acid groups (broad SMARTS) is 1. The van der Waals surface area contributed by atoms with Gasteiger partial charge in [0.2, 0.25) is 0 Å². The molecule has 18 heteroatoms. The van der Waals surface area contributed by atoms with Crippen molar-refractivity contribution in [1.82, 2.24) is 25.1 Å². The standard InChI is InChI=1S/C49H44N4O5.C17H20N4O5/c1-48(33-57-47(50)56)31-42-41(45(54)53(42)44(48)46(55)58-43(35-17-7-2-8-18-35)36-19-9-3-10-20-36)30-40-29-34(27-28-51-40)32-52-49(37-21-11-4-12-22-37,38-23-13-5-14-24-38)39-25-15-6-16-26-39;1-17(8-26-16(19)25)6-12-11(14(22)21(12)13(17)15(23)24)5-10-4-9(7-18)2-3-20-10/h2-30,42-44,52H,31-33H2,1H3,(H2,50,56);2-5,12-13H,6-8,18H2,1H3,(H2,19,25)(H,23,24)/b41-30+;11-5+/t42?,44-,48-;12?,13-,17-/m00/s1. The Bertz CT molecular complexity index is 3490. The number of carboxylic acids is 1. The van der Waals surface area contributed by atoms with Gasteiger partial charge in [0.1, 0.15) is 19.3 Å². The molecule has 4 amide bonds.